The highest BCUT2D eigenvalue weighted by atomic mass is 32.1. The number of carbonyl (C=O) groups excluding carboxylic acids is 2. The lowest BCUT2D eigenvalue weighted by Gasteiger charge is -2.18. The average molecular weight is 307 g/mol. The summed E-state index contributed by atoms with van der Waals surface area (Å²) < 4.78 is 6.87. The summed E-state index contributed by atoms with van der Waals surface area (Å²) in [6.07, 6.45) is 3.15. The Kier molecular flexibility index (Phi) is 4.22. The van der Waals surface area contributed by atoms with E-state index in [9.17, 15) is 9.59 Å². The van der Waals surface area contributed by atoms with Gasteiger partial charge in [0.25, 0.3) is 0 Å². The molecule has 2 aromatic rings. The molecule has 0 N–H and O–H groups in total. The van der Waals surface area contributed by atoms with Gasteiger partial charge in [-0.1, -0.05) is 0 Å². The van der Waals surface area contributed by atoms with E-state index >= 15 is 0 Å². The second-order valence-electron chi connectivity index (χ2n) is 5.62. The number of nitrogens with zero attached hydrogens (tertiary/aromatic N) is 3. The summed E-state index contributed by atoms with van der Waals surface area (Å²) in [5, 5.41) is 2.28. The molecule has 0 radical (unpaired) electrons. The van der Waals surface area contributed by atoms with Crippen molar-refractivity contribution >= 4 is 23.1 Å². The maximum Gasteiger partial charge on any atom is 0.314 e. The molecule has 0 amide bonds. The first kappa shape index (κ1) is 15.4. The molecule has 7 heteroatoms. The first-order valence-electron chi connectivity index (χ1n) is 6.46. The van der Waals surface area contributed by atoms with Crippen molar-refractivity contribution in [2.45, 2.75) is 39.7 Å². The Morgan fingerprint density at radius 2 is 2.10 bits per heavy atom. The highest BCUT2D eigenvalue weighted by Crippen LogP contribution is 2.17. The van der Waals surface area contributed by atoms with E-state index < -0.39 is 11.6 Å². The molecule has 0 aliphatic heterocycles. The third kappa shape index (κ3) is 4.22. The molecule has 2 heterocycles. The fraction of sp³-hybridized carbons (Fsp3) is 0.429. The minimum atomic E-state index is -0.598. The van der Waals surface area contributed by atoms with E-state index in [-0.39, 0.29) is 17.9 Å². The molecule has 0 aliphatic carbocycles. The molecule has 0 atom stereocenters. The SMILES string of the molecule is Cc1cn(-c2nc(C(=O)CC(=O)OC(C)(C)C)cs2)cn1. The summed E-state index contributed by atoms with van der Waals surface area (Å²) in [5.74, 6) is -0.885. The molecule has 6 nitrogen and oxygen atoms in total. The lowest BCUT2D eigenvalue weighted by atomic mass is 10.2. The largest absolute Gasteiger partial charge is 0.460 e. The van der Waals surface area contributed by atoms with Crippen LogP contribution in [0.4, 0.5) is 0 Å². The lowest BCUT2D eigenvalue weighted by Crippen LogP contribution is -2.25. The number of aromatic nitrogens is 3. The topological polar surface area (TPSA) is 74.1 Å². The monoisotopic (exact) mass is 307 g/mol. The molecule has 2 rings (SSSR count). The standard InChI is InChI=1S/C14H17N3O3S/c1-9-6-17(8-15-9)13-16-10(7-21-13)11(18)5-12(19)20-14(2,3)4/h6-8H,5H2,1-4H3. The number of hydrogen-bond donors (Lipinski definition) is 0. The van der Waals surface area contributed by atoms with Crippen molar-refractivity contribution in [3.63, 3.8) is 0 Å². The van der Waals surface area contributed by atoms with Gasteiger partial charge in [0.1, 0.15) is 24.0 Å². The summed E-state index contributed by atoms with van der Waals surface area (Å²) in [5.41, 5.74) is 0.540. The van der Waals surface area contributed by atoms with E-state index in [0.29, 0.717) is 5.13 Å². The molecule has 112 valence electrons. The zero-order valence-corrected chi connectivity index (χ0v) is 13.2. The van der Waals surface area contributed by atoms with Crippen LogP contribution in [-0.4, -0.2) is 31.9 Å². The van der Waals surface area contributed by atoms with Crippen LogP contribution in [-0.2, 0) is 9.53 Å². The van der Waals surface area contributed by atoms with Crippen LogP contribution in [0, 0.1) is 6.92 Å². The number of carbonyl (C=O) groups is 2. The smallest absolute Gasteiger partial charge is 0.314 e. The summed E-state index contributed by atoms with van der Waals surface area (Å²) in [6.45, 7) is 7.16. The summed E-state index contributed by atoms with van der Waals surface area (Å²) in [4.78, 5) is 32.0. The number of thiazole rings is 1. The molecular formula is C14H17N3O3S. The molecule has 0 unspecified atom stereocenters. The second-order valence-corrected chi connectivity index (χ2v) is 6.46. The summed E-state index contributed by atoms with van der Waals surface area (Å²) in [6, 6.07) is 0. The van der Waals surface area contributed by atoms with Crippen LogP contribution in [0.2, 0.25) is 0 Å². The van der Waals surface area contributed by atoms with E-state index in [2.05, 4.69) is 9.97 Å². The van der Waals surface area contributed by atoms with Gasteiger partial charge in [0, 0.05) is 11.6 Å². The van der Waals surface area contributed by atoms with E-state index in [1.54, 1.807) is 37.0 Å². The molecule has 0 fully saturated rings. The van der Waals surface area contributed by atoms with Gasteiger partial charge in [-0.3, -0.25) is 14.2 Å². The summed E-state index contributed by atoms with van der Waals surface area (Å²) in [7, 11) is 0. The Balaban J connectivity index is 2.04. The van der Waals surface area contributed by atoms with Crippen molar-refractivity contribution < 1.29 is 14.3 Å². The van der Waals surface area contributed by atoms with Gasteiger partial charge in [-0.2, -0.15) is 0 Å². The molecule has 0 aliphatic rings. The molecule has 0 aromatic carbocycles. The number of ether oxygens (including phenoxy) is 1. The third-order valence-corrected chi connectivity index (χ3v) is 3.29. The lowest BCUT2D eigenvalue weighted by molar-refractivity contribution is -0.153. The van der Waals surface area contributed by atoms with Gasteiger partial charge in [-0.25, -0.2) is 9.97 Å². The zero-order valence-electron chi connectivity index (χ0n) is 12.4. The minimum Gasteiger partial charge on any atom is -0.460 e. The molecular weight excluding hydrogens is 290 g/mol. The van der Waals surface area contributed by atoms with Gasteiger partial charge in [-0.05, 0) is 27.7 Å². The van der Waals surface area contributed by atoms with E-state index in [0.717, 1.165) is 5.69 Å². The van der Waals surface area contributed by atoms with Crippen molar-refractivity contribution in [2.24, 2.45) is 0 Å². The number of aryl methyl sites for hydroxylation is 1. The van der Waals surface area contributed by atoms with Gasteiger partial charge in [0.2, 0.25) is 0 Å². The van der Waals surface area contributed by atoms with Crippen molar-refractivity contribution in [3.8, 4) is 5.13 Å². The van der Waals surface area contributed by atoms with Crippen molar-refractivity contribution in [1.29, 1.82) is 0 Å². The Morgan fingerprint density at radius 1 is 1.38 bits per heavy atom. The molecule has 21 heavy (non-hydrogen) atoms. The van der Waals surface area contributed by atoms with Crippen LogP contribution >= 0.6 is 11.3 Å². The Bertz CT molecular complexity index is 667. The fourth-order valence-corrected chi connectivity index (χ4v) is 2.41. The number of rotatable bonds is 4. The van der Waals surface area contributed by atoms with Crippen LogP contribution in [0.15, 0.2) is 17.9 Å². The van der Waals surface area contributed by atoms with Crippen LogP contribution in [0.25, 0.3) is 5.13 Å². The quantitative estimate of drug-likeness (QED) is 0.493. The fourth-order valence-electron chi connectivity index (χ4n) is 1.64. The van der Waals surface area contributed by atoms with E-state index in [1.165, 1.54) is 11.3 Å². The highest BCUT2D eigenvalue weighted by molar-refractivity contribution is 7.12. The highest BCUT2D eigenvalue weighted by Gasteiger charge is 2.21. The van der Waals surface area contributed by atoms with Crippen molar-refractivity contribution in [3.05, 3.63) is 29.3 Å². The predicted molar refractivity (Wildman–Crippen MR) is 78.8 cm³/mol. The van der Waals surface area contributed by atoms with Crippen LogP contribution < -0.4 is 0 Å². The number of hydrogen-bond acceptors (Lipinski definition) is 6. The first-order valence-corrected chi connectivity index (χ1v) is 7.34. The van der Waals surface area contributed by atoms with Gasteiger partial charge >= 0.3 is 5.97 Å². The van der Waals surface area contributed by atoms with Gasteiger partial charge in [-0.15, -0.1) is 11.3 Å². The molecule has 0 spiro atoms. The summed E-state index contributed by atoms with van der Waals surface area (Å²) >= 11 is 1.32. The Labute approximate surface area is 126 Å². The third-order valence-electron chi connectivity index (χ3n) is 2.44. The van der Waals surface area contributed by atoms with Crippen molar-refractivity contribution in [1.82, 2.24) is 14.5 Å². The molecule has 0 saturated carbocycles. The number of ketones is 1. The van der Waals surface area contributed by atoms with E-state index in [4.69, 9.17) is 4.74 Å². The minimum absolute atomic E-state index is 0.271. The van der Waals surface area contributed by atoms with Gasteiger partial charge in [0.15, 0.2) is 10.9 Å². The van der Waals surface area contributed by atoms with Gasteiger partial charge in [0.05, 0.1) is 5.69 Å². The first-order chi connectivity index (χ1) is 9.74. The van der Waals surface area contributed by atoms with Crippen LogP contribution in [0.1, 0.15) is 43.4 Å². The average Bonchev–Trinajstić information content (AvgIpc) is 2.93. The predicted octanol–water partition coefficient (Wildman–Crippen LogP) is 2.55. The molecule has 2 aromatic heterocycles. The van der Waals surface area contributed by atoms with Gasteiger partial charge < -0.3 is 4.74 Å². The van der Waals surface area contributed by atoms with Crippen LogP contribution in [0.5, 0.6) is 0 Å². The maximum absolute atomic E-state index is 12.0. The number of Topliss-reactive ketones (excluding diaryl/α,β-unsaturated/α-hetero) is 1. The van der Waals surface area contributed by atoms with E-state index in [1.807, 2.05) is 13.1 Å². The second kappa shape index (κ2) is 5.77. The zero-order chi connectivity index (χ0) is 15.6. The van der Waals surface area contributed by atoms with Crippen LogP contribution in [0.3, 0.4) is 0 Å². The molecule has 0 bridgehead atoms. The number of imidazole rings is 1. The number of esters is 1. The van der Waals surface area contributed by atoms with Crippen molar-refractivity contribution in [2.75, 3.05) is 0 Å². The maximum atomic E-state index is 12.0. The Morgan fingerprint density at radius 3 is 2.67 bits per heavy atom. The Hall–Kier alpha value is -2.02. The normalized spacial score (nSPS) is 11.4. The molecule has 0 saturated heterocycles.